The average molecular weight is 2000 g/mol. The third-order valence-corrected chi connectivity index (χ3v) is 27.5. The molecular weight excluding hydrogens is 1830 g/mol. The van der Waals surface area contributed by atoms with Gasteiger partial charge in [0, 0.05) is 70.9 Å². The molecule has 145 heavy (non-hydrogen) atoms. The predicted octanol–water partition coefficient (Wildman–Crippen LogP) is 23.0. The molecule has 0 aromatic heterocycles. The quantitative estimate of drug-likeness (QED) is 0.0260. The number of aliphatic hydroxyl groups is 4. The zero-order valence-corrected chi connectivity index (χ0v) is 91.4. The first-order valence-corrected chi connectivity index (χ1v) is 51.4. The lowest BCUT2D eigenvalue weighted by molar-refractivity contribution is -0.161. The number of carbonyl (C=O) groups excluding carboxylic acids is 10. The van der Waals surface area contributed by atoms with Crippen molar-refractivity contribution in [3.05, 3.63) is 283 Å². The topological polar surface area (TPSA) is 326 Å². The minimum absolute atomic E-state index is 0.00451. The van der Waals surface area contributed by atoms with Gasteiger partial charge in [0.1, 0.15) is 24.9 Å². The third-order valence-electron chi connectivity index (χ3n) is 27.5. The van der Waals surface area contributed by atoms with Gasteiger partial charge >= 0.3 is 30.2 Å². The molecule has 9 atom stereocenters. The van der Waals surface area contributed by atoms with Crippen LogP contribution in [0, 0.1) is 33.0 Å². The summed E-state index contributed by atoms with van der Waals surface area (Å²) in [5, 5.41) is 38.8. The van der Waals surface area contributed by atoms with E-state index >= 15 is 0 Å². The van der Waals surface area contributed by atoms with Gasteiger partial charge in [0.05, 0.1) is 45.4 Å². The Hall–Kier alpha value is -11.4. The van der Waals surface area contributed by atoms with E-state index in [2.05, 4.69) is 163 Å². The van der Waals surface area contributed by atoms with Gasteiger partial charge in [0.2, 0.25) is 0 Å². The van der Waals surface area contributed by atoms with E-state index in [0.29, 0.717) is 114 Å². The second kappa shape index (κ2) is 58.2. The van der Waals surface area contributed by atoms with E-state index < -0.39 is 79.6 Å². The van der Waals surface area contributed by atoms with Crippen LogP contribution in [0.2, 0.25) is 0 Å². The Balaban J connectivity index is 0.000000346. The Bertz CT molecular complexity index is 5280. The summed E-state index contributed by atoms with van der Waals surface area (Å²) in [6.07, 6.45) is 56.6. The van der Waals surface area contributed by atoms with Crippen molar-refractivity contribution in [3.8, 4) is 0 Å². The number of esters is 2. The van der Waals surface area contributed by atoms with Gasteiger partial charge in [-0.3, -0.25) is 33.6 Å². The standard InChI is InChI=1S/C51H68N2O7.C46H61NO5.C24H38O9/c1-36(20-16-22-38(3)24-26-42-40(5)46(54)44(34-50(42,7)8)59-48(56)52-28-14-11-15-29-52)18-12-13-19-37(2)21-17-23-39(4)25-27-43-41(6)47(55)45(35-51(43,9)10)60-49(57)53-30-32-58-33-31-53;1-32(18-14-20-34(3)22-24-39-37(6)42(48)36(5)30-45(39,8)9)16-12-13-17-33(2)19-15-21-35(4)23-25-40-38(7)43(49)41(31-46(40,10)11)52-44(50)47-26-28-51-29-27-47;1-6-8-9-15-14(3)21(29)18(12-24(15,4)5)33-20(28)11-10-19(27)32-13-17(26)23(31)22(30)16(25)7-2/h12-13,16-27,44-45H,11,14-15,28-35H2,1-10H3;12-25,36,41H,26-31H2,1-11H3;8-9,16-18,22-23,25-26,30-31H,6-7,10-13H2,1-5H3/b13-12+,20-16+,21-17+,26-24+,27-25+,36-18+,37-19+,38-22+,39-23+;13-12+,18-14+,19-15+,24-22+,25-23+,32-16+,33-17+,34-20+,35-21+;9-8+. The zero-order valence-electron chi connectivity index (χ0n) is 91.4. The van der Waals surface area contributed by atoms with Crippen LogP contribution < -0.4 is 0 Å². The van der Waals surface area contributed by atoms with Crippen LogP contribution in [0.15, 0.2) is 283 Å². The molecule has 24 heteroatoms. The maximum Gasteiger partial charge on any atom is 0.410 e. The highest BCUT2D eigenvalue weighted by molar-refractivity contribution is 6.04. The number of likely N-dealkylation sites (tertiary alicyclic amines) is 1. The Kier molecular flexibility index (Phi) is 49.1. The number of piperidine rings is 1. The highest BCUT2D eigenvalue weighted by Gasteiger charge is 2.46. The van der Waals surface area contributed by atoms with Crippen LogP contribution in [-0.4, -0.2) is 215 Å². The number of ether oxygens (including phenoxy) is 7. The summed E-state index contributed by atoms with van der Waals surface area (Å²) in [4.78, 5) is 132. The van der Waals surface area contributed by atoms with Crippen molar-refractivity contribution >= 4 is 59.1 Å². The van der Waals surface area contributed by atoms with Crippen molar-refractivity contribution in [2.45, 2.75) is 306 Å². The number of ketones is 5. The van der Waals surface area contributed by atoms with Gasteiger partial charge in [-0.15, -0.1) is 0 Å². The first-order valence-electron chi connectivity index (χ1n) is 51.4. The molecule has 0 aromatic rings. The average Bonchev–Trinajstić information content (AvgIpc) is 0.799. The fourth-order valence-corrected chi connectivity index (χ4v) is 18.7. The SMILES string of the molecule is CC/C=C/C1=C(C)C(=O)C(OC(=O)CCC(=O)OCC(O)C(O)C(O)C(O)CC)CC1(C)C.CC1=C(/C=C/C(C)=C/C=C/C(C)=C/C=C/C=C(C)/C=C/C=C(C)/C=C/C2=C(C)C(=O)C(OC(=O)N3CCOCC3)CC2(C)C)C(C)(C)CC(C)C1=O.CC1=C(/C=C/C(C)=C/C=C/C(C)=C/C=C/C=C(C)/C=C/C=C(C)/C=C/C2=C(C)C(=O)C(OC(=O)N3CCOCC3)CC2(C)C)C(C)(C)CC(OC(=O)N2CCCCC2)C1=O. The maximum atomic E-state index is 13.2. The summed E-state index contributed by atoms with van der Waals surface area (Å²) in [7, 11) is 0. The second-order valence-electron chi connectivity index (χ2n) is 42.5. The molecule has 5 aliphatic carbocycles. The fraction of sp³-hybridized carbons (Fsp3) is 0.521. The number of Topliss-reactive ketones (excluding diaryl/α,β-unsaturated/α-hetero) is 5. The molecule has 8 rings (SSSR count). The van der Waals surface area contributed by atoms with Crippen molar-refractivity contribution in [2.24, 2.45) is 33.0 Å². The largest absolute Gasteiger partial charge is 0.463 e. The molecule has 792 valence electrons. The molecule has 0 aromatic carbocycles. The van der Waals surface area contributed by atoms with E-state index in [1.807, 2.05) is 186 Å². The highest BCUT2D eigenvalue weighted by Crippen LogP contribution is 2.47. The molecule has 3 aliphatic heterocycles. The Labute approximate surface area is 864 Å². The number of aliphatic hydroxyl groups excluding tert-OH is 4. The monoisotopic (exact) mass is 2000 g/mol. The van der Waals surface area contributed by atoms with E-state index in [0.717, 1.165) is 110 Å². The summed E-state index contributed by atoms with van der Waals surface area (Å²) in [5.41, 5.74) is 15.7. The third kappa shape index (κ3) is 38.8. The lowest BCUT2D eigenvalue weighted by atomic mass is 9.68. The van der Waals surface area contributed by atoms with E-state index in [-0.39, 0.29) is 87.3 Å². The van der Waals surface area contributed by atoms with Crippen LogP contribution in [0.25, 0.3) is 0 Å². The molecule has 3 saturated heterocycles. The lowest BCUT2D eigenvalue weighted by Crippen LogP contribution is -2.46. The number of allylic oxidation sites excluding steroid dienone is 44. The molecule has 3 fully saturated rings. The van der Waals surface area contributed by atoms with Gasteiger partial charge < -0.3 is 68.3 Å². The Morgan fingerprint density at radius 1 is 0.345 bits per heavy atom. The van der Waals surface area contributed by atoms with Crippen LogP contribution in [-0.2, 0) is 66.7 Å². The van der Waals surface area contributed by atoms with Crippen molar-refractivity contribution < 1.29 is 102 Å². The van der Waals surface area contributed by atoms with Crippen molar-refractivity contribution in [3.63, 3.8) is 0 Å². The zero-order chi connectivity index (χ0) is 108. The molecule has 0 spiro atoms. The number of nitrogens with zero attached hydrogens (tertiary/aromatic N) is 3. The summed E-state index contributed by atoms with van der Waals surface area (Å²) in [6, 6.07) is 0. The Morgan fingerprint density at radius 2 is 0.607 bits per heavy atom. The molecule has 4 N–H and O–H groups in total. The van der Waals surface area contributed by atoms with Gasteiger partial charge in [-0.25, -0.2) is 14.4 Å². The predicted molar refractivity (Wildman–Crippen MR) is 576 cm³/mol. The molecule has 0 radical (unpaired) electrons. The second-order valence-corrected chi connectivity index (χ2v) is 42.5. The maximum absolute atomic E-state index is 13.2. The first kappa shape index (κ1) is 122. The van der Waals surface area contributed by atoms with E-state index in [1.54, 1.807) is 28.5 Å². The fourth-order valence-electron chi connectivity index (χ4n) is 18.7. The number of amides is 3. The van der Waals surface area contributed by atoms with Gasteiger partial charge in [-0.2, -0.15) is 0 Å². The van der Waals surface area contributed by atoms with Crippen LogP contribution in [0.1, 0.15) is 257 Å². The molecule has 3 amide bonds. The van der Waals surface area contributed by atoms with Crippen LogP contribution >= 0.6 is 0 Å². The molecule has 8 aliphatic rings. The number of morpholine rings is 2. The molecular formula is C121H167N3O21. The Morgan fingerprint density at radius 3 is 0.917 bits per heavy atom. The smallest absolute Gasteiger partial charge is 0.410 e. The van der Waals surface area contributed by atoms with Crippen LogP contribution in [0.5, 0.6) is 0 Å². The number of hydrogen-bond acceptors (Lipinski definition) is 21. The first-order chi connectivity index (χ1) is 68.2. The van der Waals surface area contributed by atoms with Crippen LogP contribution in [0.3, 0.4) is 0 Å². The number of carbonyl (C=O) groups is 10. The van der Waals surface area contributed by atoms with Crippen molar-refractivity contribution in [2.75, 3.05) is 72.3 Å². The summed E-state index contributed by atoms with van der Waals surface area (Å²) >= 11 is 0. The van der Waals surface area contributed by atoms with E-state index in [1.165, 1.54) is 0 Å². The highest BCUT2D eigenvalue weighted by atomic mass is 16.6. The van der Waals surface area contributed by atoms with Gasteiger partial charge in [0.25, 0.3) is 0 Å². The molecule has 9 unspecified atom stereocenters. The van der Waals surface area contributed by atoms with Crippen molar-refractivity contribution in [1.29, 1.82) is 0 Å². The van der Waals surface area contributed by atoms with Gasteiger partial charge in [-0.1, -0.05) is 317 Å². The molecule has 24 nitrogen and oxygen atoms in total. The normalized spacial score (nSPS) is 23.7. The molecule has 3 heterocycles. The summed E-state index contributed by atoms with van der Waals surface area (Å²) < 4.78 is 37.9. The van der Waals surface area contributed by atoms with Gasteiger partial charge in [0.15, 0.2) is 53.3 Å². The lowest BCUT2D eigenvalue weighted by Gasteiger charge is -2.37. The minimum atomic E-state index is -1.70. The van der Waals surface area contributed by atoms with Crippen LogP contribution in [0.4, 0.5) is 14.4 Å². The van der Waals surface area contributed by atoms with Gasteiger partial charge in [-0.05, 0) is 211 Å². The van der Waals surface area contributed by atoms with Crippen molar-refractivity contribution in [1.82, 2.24) is 14.7 Å². The summed E-state index contributed by atoms with van der Waals surface area (Å²) in [6.45, 7) is 56.8. The minimum Gasteiger partial charge on any atom is -0.463 e. The summed E-state index contributed by atoms with van der Waals surface area (Å²) in [5.74, 6) is -1.82. The van der Waals surface area contributed by atoms with E-state index in [4.69, 9.17) is 33.2 Å². The van der Waals surface area contributed by atoms with E-state index in [9.17, 15) is 68.4 Å². The number of hydrogen-bond donors (Lipinski definition) is 4. The molecule has 0 saturated carbocycles. The number of rotatable bonds is 35. The molecule has 0 bridgehead atoms.